The van der Waals surface area contributed by atoms with Crippen molar-refractivity contribution in [1.82, 2.24) is 0 Å². The Kier molecular flexibility index (Phi) is 5.53. The Bertz CT molecular complexity index is 323. The van der Waals surface area contributed by atoms with Crippen LogP contribution in [0.2, 0.25) is 0 Å². The maximum Gasteiger partial charge on any atom is 0.119 e. The summed E-state index contributed by atoms with van der Waals surface area (Å²) in [5.41, 5.74) is 0. The van der Waals surface area contributed by atoms with E-state index >= 15 is 0 Å². The molecule has 2 rings (SSSR count). The SMILES string of the molecule is OC1CCCCCC1CCCOc1ccccc1. The third-order valence-electron chi connectivity index (χ3n) is 3.85. The highest BCUT2D eigenvalue weighted by molar-refractivity contribution is 5.20. The van der Waals surface area contributed by atoms with Crippen LogP contribution in [0.25, 0.3) is 0 Å². The van der Waals surface area contributed by atoms with Gasteiger partial charge >= 0.3 is 0 Å². The molecule has 0 bridgehead atoms. The molecule has 100 valence electrons. The number of rotatable bonds is 5. The Morgan fingerprint density at radius 3 is 2.67 bits per heavy atom. The predicted octanol–water partition coefficient (Wildman–Crippen LogP) is 3.79. The largest absolute Gasteiger partial charge is 0.494 e. The Labute approximate surface area is 110 Å². The summed E-state index contributed by atoms with van der Waals surface area (Å²) < 4.78 is 5.68. The quantitative estimate of drug-likeness (QED) is 0.634. The van der Waals surface area contributed by atoms with Gasteiger partial charge in [-0.15, -0.1) is 0 Å². The molecular formula is C16H24O2. The van der Waals surface area contributed by atoms with E-state index in [0.717, 1.165) is 31.6 Å². The van der Waals surface area contributed by atoms with E-state index in [1.54, 1.807) is 0 Å². The number of hydrogen-bond acceptors (Lipinski definition) is 2. The number of aliphatic hydroxyl groups excluding tert-OH is 1. The van der Waals surface area contributed by atoms with Crippen molar-refractivity contribution < 1.29 is 9.84 Å². The van der Waals surface area contributed by atoms with Crippen LogP contribution in [0.4, 0.5) is 0 Å². The molecule has 1 aromatic carbocycles. The number of benzene rings is 1. The molecule has 1 aliphatic rings. The molecule has 0 amide bonds. The number of para-hydroxylation sites is 1. The first-order chi connectivity index (χ1) is 8.86. The molecule has 0 aromatic heterocycles. The van der Waals surface area contributed by atoms with Crippen LogP contribution in [-0.4, -0.2) is 17.8 Å². The van der Waals surface area contributed by atoms with Crippen LogP contribution in [0.3, 0.4) is 0 Å². The molecule has 0 heterocycles. The highest BCUT2D eigenvalue weighted by Crippen LogP contribution is 2.27. The lowest BCUT2D eigenvalue weighted by atomic mass is 9.92. The van der Waals surface area contributed by atoms with Crippen molar-refractivity contribution >= 4 is 0 Å². The van der Waals surface area contributed by atoms with Crippen LogP contribution in [0, 0.1) is 5.92 Å². The summed E-state index contributed by atoms with van der Waals surface area (Å²) >= 11 is 0. The fourth-order valence-corrected chi connectivity index (χ4v) is 2.75. The molecule has 1 N–H and O–H groups in total. The van der Waals surface area contributed by atoms with Gasteiger partial charge in [-0.25, -0.2) is 0 Å². The fourth-order valence-electron chi connectivity index (χ4n) is 2.75. The van der Waals surface area contributed by atoms with E-state index in [2.05, 4.69) is 0 Å². The zero-order valence-corrected chi connectivity index (χ0v) is 11.1. The Hall–Kier alpha value is -1.02. The van der Waals surface area contributed by atoms with Crippen molar-refractivity contribution in [1.29, 1.82) is 0 Å². The summed E-state index contributed by atoms with van der Waals surface area (Å²) in [5.74, 6) is 1.44. The van der Waals surface area contributed by atoms with E-state index in [4.69, 9.17) is 4.74 Å². The van der Waals surface area contributed by atoms with Gasteiger partial charge in [0.25, 0.3) is 0 Å². The Morgan fingerprint density at radius 2 is 1.83 bits per heavy atom. The standard InChI is InChI=1S/C16H24O2/c17-16-12-6-1-3-8-14(16)9-7-13-18-15-10-4-2-5-11-15/h2,4-5,10-11,14,16-17H,1,3,6-9,12-13H2. The maximum absolute atomic E-state index is 10.0. The van der Waals surface area contributed by atoms with Crippen LogP contribution in [-0.2, 0) is 0 Å². The molecule has 0 saturated heterocycles. The summed E-state index contributed by atoms with van der Waals surface area (Å²) in [7, 11) is 0. The van der Waals surface area contributed by atoms with Gasteiger partial charge in [-0.2, -0.15) is 0 Å². The molecule has 0 radical (unpaired) electrons. The minimum Gasteiger partial charge on any atom is -0.494 e. The number of hydrogen-bond donors (Lipinski definition) is 1. The van der Waals surface area contributed by atoms with Crippen molar-refractivity contribution in [2.45, 2.75) is 51.0 Å². The first-order valence-electron chi connectivity index (χ1n) is 7.22. The van der Waals surface area contributed by atoms with Crippen molar-refractivity contribution in [3.63, 3.8) is 0 Å². The van der Waals surface area contributed by atoms with Gasteiger partial charge in [0, 0.05) is 0 Å². The van der Waals surface area contributed by atoms with Gasteiger partial charge in [-0.3, -0.25) is 0 Å². The summed E-state index contributed by atoms with van der Waals surface area (Å²) in [6, 6.07) is 9.95. The van der Waals surface area contributed by atoms with Crippen LogP contribution in [0.5, 0.6) is 5.75 Å². The van der Waals surface area contributed by atoms with E-state index in [-0.39, 0.29) is 6.10 Å². The van der Waals surface area contributed by atoms with Crippen LogP contribution >= 0.6 is 0 Å². The van der Waals surface area contributed by atoms with Gasteiger partial charge < -0.3 is 9.84 Å². The lowest BCUT2D eigenvalue weighted by Crippen LogP contribution is -2.19. The first-order valence-corrected chi connectivity index (χ1v) is 7.22. The van der Waals surface area contributed by atoms with Crippen molar-refractivity contribution in [2.24, 2.45) is 5.92 Å². The van der Waals surface area contributed by atoms with Gasteiger partial charge in [0.05, 0.1) is 12.7 Å². The molecule has 0 aliphatic heterocycles. The predicted molar refractivity (Wildman–Crippen MR) is 73.8 cm³/mol. The van der Waals surface area contributed by atoms with E-state index < -0.39 is 0 Å². The highest BCUT2D eigenvalue weighted by Gasteiger charge is 2.20. The zero-order chi connectivity index (χ0) is 12.6. The topological polar surface area (TPSA) is 29.5 Å². The lowest BCUT2D eigenvalue weighted by Gasteiger charge is -2.20. The van der Waals surface area contributed by atoms with E-state index in [0.29, 0.717) is 5.92 Å². The molecular weight excluding hydrogens is 224 g/mol. The second-order valence-corrected chi connectivity index (χ2v) is 5.27. The third kappa shape index (κ3) is 4.34. The van der Waals surface area contributed by atoms with Crippen molar-refractivity contribution in [3.05, 3.63) is 30.3 Å². The number of ether oxygens (including phenoxy) is 1. The summed E-state index contributed by atoms with van der Waals surface area (Å²) in [6.45, 7) is 0.757. The minimum absolute atomic E-state index is 0.0794. The smallest absolute Gasteiger partial charge is 0.119 e. The van der Waals surface area contributed by atoms with Gasteiger partial charge in [0.2, 0.25) is 0 Å². The molecule has 0 spiro atoms. The molecule has 2 heteroatoms. The molecule has 2 atom stereocenters. The average Bonchev–Trinajstić information content (AvgIpc) is 2.61. The van der Waals surface area contributed by atoms with Crippen LogP contribution < -0.4 is 4.74 Å². The fraction of sp³-hybridized carbons (Fsp3) is 0.625. The van der Waals surface area contributed by atoms with Gasteiger partial charge in [-0.1, -0.05) is 37.5 Å². The minimum atomic E-state index is -0.0794. The van der Waals surface area contributed by atoms with E-state index in [1.165, 1.54) is 25.7 Å². The van der Waals surface area contributed by atoms with Gasteiger partial charge in [0.1, 0.15) is 5.75 Å². The molecule has 2 nitrogen and oxygen atoms in total. The number of aliphatic hydroxyl groups is 1. The van der Waals surface area contributed by atoms with Gasteiger partial charge in [-0.05, 0) is 43.7 Å². The highest BCUT2D eigenvalue weighted by atomic mass is 16.5. The second-order valence-electron chi connectivity index (χ2n) is 5.27. The maximum atomic E-state index is 10.0. The second kappa shape index (κ2) is 7.42. The monoisotopic (exact) mass is 248 g/mol. The van der Waals surface area contributed by atoms with Crippen LogP contribution in [0.1, 0.15) is 44.9 Å². The summed E-state index contributed by atoms with van der Waals surface area (Å²) in [5, 5.41) is 10.0. The first kappa shape index (κ1) is 13.4. The Balaban J connectivity index is 1.65. The third-order valence-corrected chi connectivity index (χ3v) is 3.85. The van der Waals surface area contributed by atoms with E-state index in [1.807, 2.05) is 30.3 Å². The summed E-state index contributed by atoms with van der Waals surface area (Å²) in [6.07, 6.45) is 7.98. The average molecular weight is 248 g/mol. The van der Waals surface area contributed by atoms with E-state index in [9.17, 15) is 5.11 Å². The molecule has 1 fully saturated rings. The lowest BCUT2D eigenvalue weighted by molar-refractivity contribution is 0.0918. The molecule has 1 aromatic rings. The molecule has 1 saturated carbocycles. The zero-order valence-electron chi connectivity index (χ0n) is 11.1. The molecule has 2 unspecified atom stereocenters. The van der Waals surface area contributed by atoms with Crippen LogP contribution in [0.15, 0.2) is 30.3 Å². The molecule has 18 heavy (non-hydrogen) atoms. The Morgan fingerprint density at radius 1 is 1.06 bits per heavy atom. The molecule has 1 aliphatic carbocycles. The normalized spacial score (nSPS) is 24.5. The van der Waals surface area contributed by atoms with Crippen molar-refractivity contribution in [3.8, 4) is 5.75 Å². The summed E-state index contributed by atoms with van der Waals surface area (Å²) in [4.78, 5) is 0. The van der Waals surface area contributed by atoms with Gasteiger partial charge in [0.15, 0.2) is 0 Å². The van der Waals surface area contributed by atoms with Crippen molar-refractivity contribution in [2.75, 3.05) is 6.61 Å².